The predicted molar refractivity (Wildman–Crippen MR) is 44.0 cm³/mol. The minimum Gasteiger partial charge on any atom is -0.296 e. The molecule has 0 spiro atoms. The van der Waals surface area contributed by atoms with Gasteiger partial charge in [-0.15, -0.1) is 0 Å². The van der Waals surface area contributed by atoms with Crippen LogP contribution in [0, 0.1) is 0 Å². The Labute approximate surface area is 74.7 Å². The molecule has 10 heavy (non-hydrogen) atoms. The van der Waals surface area contributed by atoms with E-state index in [1.54, 1.807) is 7.05 Å². The number of aryl methyl sites for hydroxylation is 1. The van der Waals surface area contributed by atoms with Gasteiger partial charge in [-0.1, -0.05) is 0 Å². The second kappa shape index (κ2) is 2.84. The number of carbonyl (C=O) groups excluding carboxylic acids is 1. The summed E-state index contributed by atoms with van der Waals surface area (Å²) in [6, 6.07) is 0. The number of nitrogens with zero attached hydrogens (tertiary/aromatic N) is 2. The normalized spacial score (nSPS) is 9.90. The first-order valence-corrected chi connectivity index (χ1v) is 4.08. The Morgan fingerprint density at radius 2 is 2.20 bits per heavy atom. The lowest BCUT2D eigenvalue weighted by molar-refractivity contribution is 0.111. The number of carbonyl (C=O) groups is 1. The van der Waals surface area contributed by atoms with E-state index in [4.69, 9.17) is 0 Å². The highest BCUT2D eigenvalue weighted by atomic mass is 79.9. The van der Waals surface area contributed by atoms with Gasteiger partial charge in [0.25, 0.3) is 0 Å². The van der Waals surface area contributed by atoms with Crippen LogP contribution in [0.15, 0.2) is 9.08 Å². The van der Waals surface area contributed by atoms with E-state index in [0.29, 0.717) is 14.8 Å². The first kappa shape index (κ1) is 7.94. The minimum absolute atomic E-state index is 0.534. The molecular weight excluding hydrogens is 264 g/mol. The molecule has 1 aromatic rings. The van der Waals surface area contributed by atoms with Crippen molar-refractivity contribution in [3.05, 3.63) is 14.8 Å². The Hall–Kier alpha value is -0.160. The molecule has 0 amide bonds. The molecule has 0 aromatic carbocycles. The monoisotopic (exact) mass is 266 g/mol. The topological polar surface area (TPSA) is 34.9 Å². The molecule has 0 bridgehead atoms. The van der Waals surface area contributed by atoms with E-state index < -0.39 is 0 Å². The molecule has 54 valence electrons. The lowest BCUT2D eigenvalue weighted by atomic mass is 10.5. The average Bonchev–Trinajstić information content (AvgIpc) is 2.09. The molecule has 3 nitrogen and oxygen atoms in total. The van der Waals surface area contributed by atoms with E-state index in [-0.39, 0.29) is 0 Å². The van der Waals surface area contributed by atoms with Gasteiger partial charge >= 0.3 is 0 Å². The highest BCUT2D eigenvalue weighted by molar-refractivity contribution is 9.13. The van der Waals surface area contributed by atoms with Crippen molar-refractivity contribution in [2.75, 3.05) is 0 Å². The lowest BCUT2D eigenvalue weighted by Crippen LogP contribution is -1.95. The van der Waals surface area contributed by atoms with Crippen LogP contribution in [0.5, 0.6) is 0 Å². The summed E-state index contributed by atoms with van der Waals surface area (Å²) in [4.78, 5) is 10.3. The molecular formula is C5H4Br2N2O. The zero-order valence-electron chi connectivity index (χ0n) is 5.14. The summed E-state index contributed by atoms with van der Waals surface area (Å²) in [6.45, 7) is 0. The van der Waals surface area contributed by atoms with Gasteiger partial charge in [-0.05, 0) is 31.9 Å². The van der Waals surface area contributed by atoms with Gasteiger partial charge in [0.15, 0.2) is 6.29 Å². The van der Waals surface area contributed by atoms with Crippen molar-refractivity contribution in [3.63, 3.8) is 0 Å². The number of halogens is 2. The predicted octanol–water partition coefficient (Wildman–Crippen LogP) is 1.76. The van der Waals surface area contributed by atoms with Gasteiger partial charge in [-0.25, -0.2) is 0 Å². The third-order valence-electron chi connectivity index (χ3n) is 1.10. The first-order chi connectivity index (χ1) is 4.66. The maximum absolute atomic E-state index is 10.3. The Morgan fingerprint density at radius 1 is 1.60 bits per heavy atom. The molecule has 0 aliphatic carbocycles. The molecule has 0 fully saturated rings. The molecule has 1 heterocycles. The molecule has 0 saturated carbocycles. The summed E-state index contributed by atoms with van der Waals surface area (Å²) < 4.78 is 2.85. The Balaban J connectivity index is 3.33. The van der Waals surface area contributed by atoms with Crippen molar-refractivity contribution in [1.29, 1.82) is 0 Å². The standard InChI is InChI=1S/C5H4Br2N2O/c1-9-3(2-10)4(6)5(7)8-9/h2H,1H3. The van der Waals surface area contributed by atoms with Crippen molar-refractivity contribution in [1.82, 2.24) is 9.78 Å². The average molecular weight is 268 g/mol. The molecule has 0 aliphatic rings. The van der Waals surface area contributed by atoms with Gasteiger partial charge in [0.1, 0.15) is 10.3 Å². The summed E-state index contributed by atoms with van der Waals surface area (Å²) in [6.07, 6.45) is 0.752. The van der Waals surface area contributed by atoms with Crippen molar-refractivity contribution in [2.24, 2.45) is 7.05 Å². The molecule has 5 heteroatoms. The summed E-state index contributed by atoms with van der Waals surface area (Å²) in [5, 5.41) is 3.94. The van der Waals surface area contributed by atoms with Gasteiger partial charge in [-0.3, -0.25) is 9.48 Å². The summed E-state index contributed by atoms with van der Waals surface area (Å²) >= 11 is 6.37. The fourth-order valence-corrected chi connectivity index (χ4v) is 1.48. The number of rotatable bonds is 1. The Kier molecular flexibility index (Phi) is 2.25. The van der Waals surface area contributed by atoms with Crippen molar-refractivity contribution >= 4 is 38.1 Å². The van der Waals surface area contributed by atoms with Crippen LogP contribution in [0.25, 0.3) is 0 Å². The quantitative estimate of drug-likeness (QED) is 0.727. The highest BCUT2D eigenvalue weighted by Gasteiger charge is 2.09. The van der Waals surface area contributed by atoms with Crippen LogP contribution < -0.4 is 0 Å². The summed E-state index contributed by atoms with van der Waals surface area (Å²) in [5.41, 5.74) is 0.534. The number of hydrogen-bond donors (Lipinski definition) is 0. The molecule has 0 unspecified atom stereocenters. The number of aldehydes is 1. The van der Waals surface area contributed by atoms with Crippen molar-refractivity contribution in [2.45, 2.75) is 0 Å². The summed E-state index contributed by atoms with van der Waals surface area (Å²) in [5.74, 6) is 0. The van der Waals surface area contributed by atoms with Gasteiger partial charge < -0.3 is 0 Å². The van der Waals surface area contributed by atoms with Crippen LogP contribution in [-0.2, 0) is 7.05 Å². The third kappa shape index (κ3) is 1.15. The Morgan fingerprint density at radius 3 is 2.40 bits per heavy atom. The SMILES string of the molecule is Cn1nc(Br)c(Br)c1C=O. The van der Waals surface area contributed by atoms with E-state index in [2.05, 4.69) is 37.0 Å². The smallest absolute Gasteiger partial charge is 0.169 e. The van der Waals surface area contributed by atoms with Crippen LogP contribution in [0.1, 0.15) is 10.5 Å². The van der Waals surface area contributed by atoms with E-state index in [1.807, 2.05) is 0 Å². The lowest BCUT2D eigenvalue weighted by Gasteiger charge is -1.88. The molecule has 0 atom stereocenters. The number of aromatic nitrogens is 2. The third-order valence-corrected chi connectivity index (χ3v) is 2.97. The fourth-order valence-electron chi connectivity index (χ4n) is 0.605. The van der Waals surface area contributed by atoms with Crippen molar-refractivity contribution in [3.8, 4) is 0 Å². The molecule has 1 aromatic heterocycles. The molecule has 1 rings (SSSR count). The highest BCUT2D eigenvalue weighted by Crippen LogP contribution is 2.23. The van der Waals surface area contributed by atoms with E-state index in [9.17, 15) is 4.79 Å². The van der Waals surface area contributed by atoms with Gasteiger partial charge in [0.05, 0.1) is 4.47 Å². The molecule has 0 aliphatic heterocycles. The molecule has 0 saturated heterocycles. The van der Waals surface area contributed by atoms with Crippen LogP contribution >= 0.6 is 31.9 Å². The first-order valence-electron chi connectivity index (χ1n) is 2.50. The largest absolute Gasteiger partial charge is 0.296 e. The van der Waals surface area contributed by atoms with Crippen LogP contribution in [0.3, 0.4) is 0 Å². The fraction of sp³-hybridized carbons (Fsp3) is 0.200. The second-order valence-electron chi connectivity index (χ2n) is 1.73. The van der Waals surface area contributed by atoms with Crippen molar-refractivity contribution < 1.29 is 4.79 Å². The van der Waals surface area contributed by atoms with Gasteiger partial charge in [0.2, 0.25) is 0 Å². The Bertz CT molecular complexity index is 269. The molecule has 0 radical (unpaired) electrons. The molecule has 0 N–H and O–H groups in total. The van der Waals surface area contributed by atoms with Crippen LogP contribution in [0.2, 0.25) is 0 Å². The van der Waals surface area contributed by atoms with E-state index in [0.717, 1.165) is 6.29 Å². The van der Waals surface area contributed by atoms with Gasteiger partial charge in [-0.2, -0.15) is 5.10 Å². The van der Waals surface area contributed by atoms with Crippen LogP contribution in [-0.4, -0.2) is 16.1 Å². The maximum Gasteiger partial charge on any atom is 0.169 e. The van der Waals surface area contributed by atoms with Gasteiger partial charge in [0, 0.05) is 7.05 Å². The minimum atomic E-state index is 0.534. The van der Waals surface area contributed by atoms with Crippen LogP contribution in [0.4, 0.5) is 0 Å². The maximum atomic E-state index is 10.3. The van der Waals surface area contributed by atoms with E-state index in [1.165, 1.54) is 4.68 Å². The second-order valence-corrected chi connectivity index (χ2v) is 3.28. The zero-order valence-corrected chi connectivity index (χ0v) is 8.31. The van der Waals surface area contributed by atoms with E-state index >= 15 is 0 Å². The summed E-state index contributed by atoms with van der Waals surface area (Å²) in [7, 11) is 1.71. The zero-order chi connectivity index (χ0) is 7.72. The number of hydrogen-bond acceptors (Lipinski definition) is 2.